The Bertz CT molecular complexity index is 543. The summed E-state index contributed by atoms with van der Waals surface area (Å²) < 4.78 is 5.39. The lowest BCUT2D eigenvalue weighted by Gasteiger charge is -2.45. The van der Waals surface area contributed by atoms with Crippen LogP contribution in [0.15, 0.2) is 42.5 Å². The molecule has 2 heteroatoms. The molecule has 1 saturated heterocycles. The molecular formula is C15H17NO. The van der Waals surface area contributed by atoms with Gasteiger partial charge in [-0.3, -0.25) is 0 Å². The number of rotatable bonds is 2. The lowest BCUT2D eigenvalue weighted by Crippen LogP contribution is -2.57. The van der Waals surface area contributed by atoms with E-state index in [1.807, 2.05) is 0 Å². The summed E-state index contributed by atoms with van der Waals surface area (Å²) >= 11 is 0. The average Bonchev–Trinajstić information content (AvgIpc) is 2.27. The third kappa shape index (κ3) is 1.56. The largest absolute Gasteiger partial charge is 0.379 e. The Morgan fingerprint density at radius 3 is 2.41 bits per heavy atom. The molecule has 88 valence electrons. The summed E-state index contributed by atoms with van der Waals surface area (Å²) in [6.07, 6.45) is 0. The molecule has 1 unspecified atom stereocenters. The second-order valence-electron chi connectivity index (χ2n) is 5.00. The molecule has 1 fully saturated rings. The first-order chi connectivity index (χ1) is 8.22. The van der Waals surface area contributed by atoms with Crippen LogP contribution in [-0.4, -0.2) is 19.3 Å². The first-order valence-corrected chi connectivity index (χ1v) is 6.05. The minimum Gasteiger partial charge on any atom is -0.379 e. The molecule has 1 atom stereocenters. The molecule has 1 aliphatic rings. The number of fused-ring (bicyclic) bond motifs is 1. The van der Waals surface area contributed by atoms with Gasteiger partial charge < -0.3 is 10.5 Å². The van der Waals surface area contributed by atoms with Gasteiger partial charge in [-0.1, -0.05) is 42.5 Å². The number of hydrogen-bond acceptors (Lipinski definition) is 2. The van der Waals surface area contributed by atoms with Crippen molar-refractivity contribution in [2.24, 2.45) is 5.73 Å². The van der Waals surface area contributed by atoms with Crippen molar-refractivity contribution in [1.82, 2.24) is 0 Å². The van der Waals surface area contributed by atoms with E-state index >= 15 is 0 Å². The third-order valence-electron chi connectivity index (χ3n) is 3.92. The van der Waals surface area contributed by atoms with Crippen LogP contribution >= 0.6 is 0 Å². The summed E-state index contributed by atoms with van der Waals surface area (Å²) in [6.45, 7) is 3.55. The highest BCUT2D eigenvalue weighted by molar-refractivity contribution is 5.83. The SMILES string of the molecule is CC(N)C1(c2ccc3ccccc3c2)COC1. The molecule has 2 aromatic rings. The van der Waals surface area contributed by atoms with Gasteiger partial charge in [-0.15, -0.1) is 0 Å². The zero-order valence-electron chi connectivity index (χ0n) is 10.0. The lowest BCUT2D eigenvalue weighted by atomic mass is 9.73. The summed E-state index contributed by atoms with van der Waals surface area (Å²) in [5.41, 5.74) is 7.45. The van der Waals surface area contributed by atoms with Gasteiger partial charge in [0.25, 0.3) is 0 Å². The second-order valence-corrected chi connectivity index (χ2v) is 5.00. The topological polar surface area (TPSA) is 35.2 Å². The van der Waals surface area contributed by atoms with E-state index < -0.39 is 0 Å². The van der Waals surface area contributed by atoms with Crippen molar-refractivity contribution < 1.29 is 4.74 Å². The van der Waals surface area contributed by atoms with Gasteiger partial charge >= 0.3 is 0 Å². The van der Waals surface area contributed by atoms with E-state index in [9.17, 15) is 0 Å². The predicted octanol–water partition coefficient (Wildman–Crippen LogP) is 2.46. The first-order valence-electron chi connectivity index (χ1n) is 6.05. The molecule has 3 rings (SSSR count). The molecule has 0 aliphatic carbocycles. The first kappa shape index (κ1) is 10.8. The van der Waals surface area contributed by atoms with Crippen LogP contribution in [0.25, 0.3) is 10.8 Å². The highest BCUT2D eigenvalue weighted by Crippen LogP contribution is 2.36. The van der Waals surface area contributed by atoms with Crippen LogP contribution < -0.4 is 5.73 Å². The van der Waals surface area contributed by atoms with Gasteiger partial charge in [0.1, 0.15) is 0 Å². The Morgan fingerprint density at radius 2 is 1.82 bits per heavy atom. The average molecular weight is 227 g/mol. The number of hydrogen-bond donors (Lipinski definition) is 1. The number of ether oxygens (including phenoxy) is 1. The molecule has 0 radical (unpaired) electrons. The smallest absolute Gasteiger partial charge is 0.0600 e. The Hall–Kier alpha value is -1.38. The van der Waals surface area contributed by atoms with E-state index in [0.29, 0.717) is 0 Å². The summed E-state index contributed by atoms with van der Waals surface area (Å²) in [5, 5.41) is 2.55. The van der Waals surface area contributed by atoms with Crippen molar-refractivity contribution in [3.05, 3.63) is 48.0 Å². The van der Waals surface area contributed by atoms with Gasteiger partial charge in [0.15, 0.2) is 0 Å². The molecule has 17 heavy (non-hydrogen) atoms. The maximum Gasteiger partial charge on any atom is 0.0600 e. The highest BCUT2D eigenvalue weighted by atomic mass is 16.5. The summed E-state index contributed by atoms with van der Waals surface area (Å²) in [6, 6.07) is 15.2. The zero-order valence-corrected chi connectivity index (χ0v) is 10.0. The molecular weight excluding hydrogens is 210 g/mol. The fourth-order valence-corrected chi connectivity index (χ4v) is 2.51. The van der Waals surface area contributed by atoms with Crippen LogP contribution in [-0.2, 0) is 10.2 Å². The van der Waals surface area contributed by atoms with Gasteiger partial charge in [-0.25, -0.2) is 0 Å². The van der Waals surface area contributed by atoms with Crippen LogP contribution in [0.5, 0.6) is 0 Å². The van der Waals surface area contributed by atoms with Crippen molar-refractivity contribution in [1.29, 1.82) is 0 Å². The molecule has 0 amide bonds. The number of nitrogens with two attached hydrogens (primary N) is 1. The van der Waals surface area contributed by atoms with E-state index in [1.165, 1.54) is 16.3 Å². The van der Waals surface area contributed by atoms with Crippen LogP contribution in [0.1, 0.15) is 12.5 Å². The van der Waals surface area contributed by atoms with Crippen LogP contribution in [0.2, 0.25) is 0 Å². The van der Waals surface area contributed by atoms with Gasteiger partial charge in [0.05, 0.1) is 18.6 Å². The lowest BCUT2D eigenvalue weighted by molar-refractivity contribution is -0.0701. The molecule has 1 heterocycles. The Morgan fingerprint density at radius 1 is 1.12 bits per heavy atom. The molecule has 1 aliphatic heterocycles. The molecule has 0 aromatic heterocycles. The standard InChI is InChI=1S/C15H17NO/c1-11(16)15(9-17-10-15)14-7-6-12-4-2-3-5-13(12)8-14/h2-8,11H,9-10,16H2,1H3. The summed E-state index contributed by atoms with van der Waals surface area (Å²) in [4.78, 5) is 0. The minimum atomic E-state index is 0.0179. The minimum absolute atomic E-state index is 0.0179. The van der Waals surface area contributed by atoms with Crippen molar-refractivity contribution in [2.75, 3.05) is 13.2 Å². The predicted molar refractivity (Wildman–Crippen MR) is 70.1 cm³/mol. The van der Waals surface area contributed by atoms with Crippen LogP contribution in [0.3, 0.4) is 0 Å². The normalized spacial score (nSPS) is 19.9. The third-order valence-corrected chi connectivity index (χ3v) is 3.92. The van der Waals surface area contributed by atoms with Crippen LogP contribution in [0.4, 0.5) is 0 Å². The molecule has 2 aromatic carbocycles. The maximum absolute atomic E-state index is 6.13. The van der Waals surface area contributed by atoms with Gasteiger partial charge in [-0.2, -0.15) is 0 Å². The van der Waals surface area contributed by atoms with Crippen molar-refractivity contribution in [3.8, 4) is 0 Å². The molecule has 0 saturated carbocycles. The van der Waals surface area contributed by atoms with Crippen LogP contribution in [0, 0.1) is 0 Å². The summed E-state index contributed by atoms with van der Waals surface area (Å²) in [5.74, 6) is 0. The van der Waals surface area contributed by atoms with Crippen molar-refractivity contribution in [2.45, 2.75) is 18.4 Å². The highest BCUT2D eigenvalue weighted by Gasteiger charge is 2.43. The quantitative estimate of drug-likeness (QED) is 0.855. The second kappa shape index (κ2) is 3.83. The van der Waals surface area contributed by atoms with Gasteiger partial charge in [-0.05, 0) is 23.3 Å². The summed E-state index contributed by atoms with van der Waals surface area (Å²) in [7, 11) is 0. The molecule has 2 nitrogen and oxygen atoms in total. The van der Waals surface area contributed by atoms with Gasteiger partial charge in [0, 0.05) is 6.04 Å². The van der Waals surface area contributed by atoms with E-state index in [0.717, 1.165) is 13.2 Å². The van der Waals surface area contributed by atoms with E-state index in [-0.39, 0.29) is 11.5 Å². The molecule has 0 bridgehead atoms. The van der Waals surface area contributed by atoms with Gasteiger partial charge in [0.2, 0.25) is 0 Å². The molecule has 0 spiro atoms. The fourth-order valence-electron chi connectivity index (χ4n) is 2.51. The maximum atomic E-state index is 6.13. The Labute approximate surface area is 101 Å². The zero-order chi connectivity index (χ0) is 11.9. The Kier molecular flexibility index (Phi) is 2.42. The van der Waals surface area contributed by atoms with E-state index in [1.54, 1.807) is 0 Å². The van der Waals surface area contributed by atoms with E-state index in [2.05, 4.69) is 49.4 Å². The number of benzene rings is 2. The monoisotopic (exact) mass is 227 g/mol. The molecule has 2 N–H and O–H groups in total. The Balaban J connectivity index is 2.11. The van der Waals surface area contributed by atoms with E-state index in [4.69, 9.17) is 10.5 Å². The van der Waals surface area contributed by atoms with Crippen molar-refractivity contribution >= 4 is 10.8 Å². The van der Waals surface area contributed by atoms with Crippen molar-refractivity contribution in [3.63, 3.8) is 0 Å². The fraction of sp³-hybridized carbons (Fsp3) is 0.333.